The van der Waals surface area contributed by atoms with E-state index < -0.39 is 0 Å². The molecular weight excluding hydrogens is 208 g/mol. The fraction of sp³-hybridized carbons (Fsp3) is 0.909. The molecule has 4 heteroatoms. The van der Waals surface area contributed by atoms with E-state index in [4.69, 9.17) is 0 Å². The highest BCUT2D eigenvalue weighted by Gasteiger charge is 2.17. The average molecular weight is 230 g/mol. The molecule has 0 aromatic rings. The summed E-state index contributed by atoms with van der Waals surface area (Å²) in [7, 11) is 0. The molecule has 0 unspecified atom stereocenters. The number of rotatable bonds is 3. The van der Waals surface area contributed by atoms with Gasteiger partial charge in [-0.2, -0.15) is 11.8 Å². The van der Waals surface area contributed by atoms with Gasteiger partial charge < -0.3 is 10.2 Å². The molecule has 1 saturated heterocycles. The maximum Gasteiger partial charge on any atom is 0.223 e. The van der Waals surface area contributed by atoms with Crippen LogP contribution in [0.15, 0.2) is 0 Å². The SMILES string of the molecule is CC(C)(C)SCCC(=O)N1CCNCC1. The van der Waals surface area contributed by atoms with Crippen LogP contribution in [-0.2, 0) is 4.79 Å². The van der Waals surface area contributed by atoms with Gasteiger partial charge in [0, 0.05) is 43.1 Å². The summed E-state index contributed by atoms with van der Waals surface area (Å²) in [5, 5.41) is 3.25. The van der Waals surface area contributed by atoms with Gasteiger partial charge in [-0.3, -0.25) is 4.79 Å². The van der Waals surface area contributed by atoms with Gasteiger partial charge in [0.1, 0.15) is 0 Å². The Hall–Kier alpha value is -0.220. The Kier molecular flexibility index (Phi) is 4.93. The summed E-state index contributed by atoms with van der Waals surface area (Å²) in [4.78, 5) is 13.7. The van der Waals surface area contributed by atoms with E-state index in [1.165, 1.54) is 0 Å². The predicted octanol–water partition coefficient (Wildman–Crippen LogP) is 1.34. The molecule has 0 saturated carbocycles. The maximum atomic E-state index is 11.8. The molecule has 0 radical (unpaired) electrons. The molecule has 1 N–H and O–H groups in total. The molecule has 0 bridgehead atoms. The van der Waals surface area contributed by atoms with Gasteiger partial charge in [0.05, 0.1) is 0 Å². The molecule has 1 aliphatic heterocycles. The molecule has 88 valence electrons. The van der Waals surface area contributed by atoms with E-state index >= 15 is 0 Å². The van der Waals surface area contributed by atoms with Crippen LogP contribution in [0.25, 0.3) is 0 Å². The van der Waals surface area contributed by atoms with Gasteiger partial charge in [-0.25, -0.2) is 0 Å². The number of thioether (sulfide) groups is 1. The van der Waals surface area contributed by atoms with Crippen molar-refractivity contribution in [3.05, 3.63) is 0 Å². The molecule has 1 amide bonds. The van der Waals surface area contributed by atoms with Gasteiger partial charge in [0.2, 0.25) is 5.91 Å². The first-order chi connectivity index (χ1) is 6.99. The molecule has 0 aromatic carbocycles. The number of hydrogen-bond donors (Lipinski definition) is 1. The van der Waals surface area contributed by atoms with E-state index in [2.05, 4.69) is 26.1 Å². The second-order valence-corrected chi connectivity index (χ2v) is 6.76. The number of carbonyl (C=O) groups is 1. The van der Waals surface area contributed by atoms with E-state index in [1.807, 2.05) is 16.7 Å². The first-order valence-corrected chi connectivity index (χ1v) is 6.60. The highest BCUT2D eigenvalue weighted by atomic mass is 32.2. The average Bonchev–Trinajstić information content (AvgIpc) is 2.17. The topological polar surface area (TPSA) is 32.3 Å². The largest absolute Gasteiger partial charge is 0.340 e. The zero-order valence-electron chi connectivity index (χ0n) is 10.0. The van der Waals surface area contributed by atoms with Crippen molar-refractivity contribution >= 4 is 17.7 Å². The summed E-state index contributed by atoms with van der Waals surface area (Å²) >= 11 is 1.86. The van der Waals surface area contributed by atoms with E-state index in [9.17, 15) is 4.79 Å². The van der Waals surface area contributed by atoms with Crippen molar-refractivity contribution in [3.63, 3.8) is 0 Å². The van der Waals surface area contributed by atoms with Gasteiger partial charge in [-0.1, -0.05) is 20.8 Å². The molecule has 0 atom stereocenters. The fourth-order valence-corrected chi connectivity index (χ4v) is 2.41. The minimum atomic E-state index is 0.268. The molecule has 1 rings (SSSR count). The van der Waals surface area contributed by atoms with Crippen molar-refractivity contribution in [1.82, 2.24) is 10.2 Å². The van der Waals surface area contributed by atoms with Crippen molar-refractivity contribution in [3.8, 4) is 0 Å². The van der Waals surface area contributed by atoms with Gasteiger partial charge in [0.15, 0.2) is 0 Å². The molecule has 0 spiro atoms. The van der Waals surface area contributed by atoms with Crippen molar-refractivity contribution in [1.29, 1.82) is 0 Å². The third-order valence-corrected chi connectivity index (χ3v) is 3.59. The van der Waals surface area contributed by atoms with Crippen molar-refractivity contribution in [2.24, 2.45) is 0 Å². The molecule has 3 nitrogen and oxygen atoms in total. The lowest BCUT2D eigenvalue weighted by Gasteiger charge is -2.27. The van der Waals surface area contributed by atoms with Gasteiger partial charge in [-0.05, 0) is 0 Å². The lowest BCUT2D eigenvalue weighted by Crippen LogP contribution is -2.46. The fourth-order valence-electron chi connectivity index (χ4n) is 1.52. The number of nitrogens with zero attached hydrogens (tertiary/aromatic N) is 1. The maximum absolute atomic E-state index is 11.8. The molecule has 1 fully saturated rings. The second-order valence-electron chi connectivity index (χ2n) is 4.84. The normalized spacial score (nSPS) is 17.9. The van der Waals surface area contributed by atoms with E-state index in [1.54, 1.807) is 0 Å². The number of piperazine rings is 1. The molecule has 1 aliphatic rings. The Bertz CT molecular complexity index is 207. The van der Waals surface area contributed by atoms with Crippen molar-refractivity contribution in [2.45, 2.75) is 31.9 Å². The van der Waals surface area contributed by atoms with Crippen LogP contribution in [0.3, 0.4) is 0 Å². The quantitative estimate of drug-likeness (QED) is 0.794. The van der Waals surface area contributed by atoms with E-state index in [-0.39, 0.29) is 4.75 Å². The van der Waals surface area contributed by atoms with Crippen molar-refractivity contribution < 1.29 is 4.79 Å². The molecule has 0 aliphatic carbocycles. The Labute approximate surface area is 97.0 Å². The third-order valence-electron chi connectivity index (χ3n) is 2.32. The van der Waals surface area contributed by atoms with Gasteiger partial charge >= 0.3 is 0 Å². The first kappa shape index (κ1) is 12.8. The van der Waals surface area contributed by atoms with Crippen molar-refractivity contribution in [2.75, 3.05) is 31.9 Å². The number of hydrogen-bond acceptors (Lipinski definition) is 3. The number of amides is 1. The Morgan fingerprint density at radius 2 is 1.93 bits per heavy atom. The standard InChI is InChI=1S/C11H22N2OS/c1-11(2,3)15-9-4-10(14)13-7-5-12-6-8-13/h12H,4-9H2,1-3H3. The summed E-state index contributed by atoms with van der Waals surface area (Å²) < 4.78 is 0.268. The second kappa shape index (κ2) is 5.75. The van der Waals surface area contributed by atoms with E-state index in [0.717, 1.165) is 31.9 Å². The zero-order valence-corrected chi connectivity index (χ0v) is 10.8. The molecule has 0 aromatic heterocycles. The van der Waals surface area contributed by atoms with Crippen LogP contribution >= 0.6 is 11.8 Å². The number of carbonyl (C=O) groups excluding carboxylic acids is 1. The van der Waals surface area contributed by atoms with Crippen LogP contribution in [-0.4, -0.2) is 47.5 Å². The van der Waals surface area contributed by atoms with Crippen LogP contribution < -0.4 is 5.32 Å². The lowest BCUT2D eigenvalue weighted by molar-refractivity contribution is -0.131. The van der Waals surface area contributed by atoms with Gasteiger partial charge in [-0.15, -0.1) is 0 Å². The Balaban J connectivity index is 2.17. The third kappa shape index (κ3) is 5.42. The van der Waals surface area contributed by atoms with Crippen LogP contribution in [0.4, 0.5) is 0 Å². The molecular formula is C11H22N2OS. The minimum Gasteiger partial charge on any atom is -0.340 e. The van der Waals surface area contributed by atoms with Crippen LogP contribution in [0.1, 0.15) is 27.2 Å². The highest BCUT2D eigenvalue weighted by molar-refractivity contribution is 8.00. The first-order valence-electron chi connectivity index (χ1n) is 5.61. The van der Waals surface area contributed by atoms with Crippen LogP contribution in [0, 0.1) is 0 Å². The summed E-state index contributed by atoms with van der Waals surface area (Å²) in [5.41, 5.74) is 0. The smallest absolute Gasteiger partial charge is 0.223 e. The van der Waals surface area contributed by atoms with Gasteiger partial charge in [0.25, 0.3) is 0 Å². The minimum absolute atomic E-state index is 0.268. The monoisotopic (exact) mass is 230 g/mol. The number of nitrogens with one attached hydrogen (secondary N) is 1. The highest BCUT2D eigenvalue weighted by Crippen LogP contribution is 2.23. The Morgan fingerprint density at radius 1 is 1.33 bits per heavy atom. The lowest BCUT2D eigenvalue weighted by atomic mass is 10.3. The summed E-state index contributed by atoms with van der Waals surface area (Å²) in [5.74, 6) is 1.25. The van der Waals surface area contributed by atoms with Crippen LogP contribution in [0.5, 0.6) is 0 Å². The summed E-state index contributed by atoms with van der Waals surface area (Å²) in [6, 6.07) is 0. The molecule has 1 heterocycles. The summed E-state index contributed by atoms with van der Waals surface area (Å²) in [6.45, 7) is 10.2. The van der Waals surface area contributed by atoms with E-state index in [0.29, 0.717) is 12.3 Å². The van der Waals surface area contributed by atoms with Crippen LogP contribution in [0.2, 0.25) is 0 Å². The Morgan fingerprint density at radius 3 is 2.47 bits per heavy atom. The zero-order chi connectivity index (χ0) is 11.3. The molecule has 15 heavy (non-hydrogen) atoms. The summed E-state index contributed by atoms with van der Waals surface area (Å²) in [6.07, 6.45) is 0.682. The predicted molar refractivity (Wildman–Crippen MR) is 66.3 cm³/mol.